The molecule has 1 saturated heterocycles. The van der Waals surface area contributed by atoms with Crippen LogP contribution in [0.15, 0.2) is 41.3 Å². The molecule has 0 aliphatic carbocycles. The van der Waals surface area contributed by atoms with E-state index in [1.165, 1.54) is 12.8 Å². The zero-order chi connectivity index (χ0) is 15.6. The number of hydrogen-bond acceptors (Lipinski definition) is 5. The number of benzene rings is 1. The van der Waals surface area contributed by atoms with E-state index >= 15 is 0 Å². The van der Waals surface area contributed by atoms with Crippen molar-refractivity contribution in [3.8, 4) is 0 Å². The number of aromatic nitrogens is 2. The van der Waals surface area contributed by atoms with Crippen LogP contribution in [0.3, 0.4) is 0 Å². The minimum absolute atomic E-state index is 0.377. The molecule has 23 heavy (non-hydrogen) atoms. The molecule has 5 heteroatoms. The van der Waals surface area contributed by atoms with Crippen LogP contribution in [-0.4, -0.2) is 29.7 Å². The molecule has 0 saturated carbocycles. The van der Waals surface area contributed by atoms with Gasteiger partial charge < -0.3 is 14.1 Å². The van der Waals surface area contributed by atoms with Gasteiger partial charge >= 0.3 is 0 Å². The van der Waals surface area contributed by atoms with E-state index in [2.05, 4.69) is 16.5 Å². The minimum Gasteiger partial charge on any atom is -0.450 e. The molecule has 3 heterocycles. The monoisotopic (exact) mass is 309 g/mol. The highest BCUT2D eigenvalue weighted by Crippen LogP contribution is 2.34. The van der Waals surface area contributed by atoms with Crippen molar-refractivity contribution in [2.45, 2.75) is 19.4 Å². The van der Waals surface area contributed by atoms with Gasteiger partial charge in [0.05, 0.1) is 6.61 Å². The number of fused-ring (bicyclic) bond motifs is 3. The number of furan rings is 1. The molecule has 0 amide bonds. The van der Waals surface area contributed by atoms with Crippen LogP contribution in [0.5, 0.6) is 0 Å². The van der Waals surface area contributed by atoms with Crippen LogP contribution in [-0.2, 0) is 11.3 Å². The fraction of sp³-hybridized carbons (Fsp3) is 0.333. The summed E-state index contributed by atoms with van der Waals surface area (Å²) in [5.74, 6) is 1.58. The lowest BCUT2D eigenvalue weighted by molar-refractivity contribution is 0.143. The Morgan fingerprint density at radius 2 is 2.04 bits per heavy atom. The molecule has 0 bridgehead atoms. The standard InChI is InChI=1S/C18H19N3O2/c1-2-11-22-12-15-19-16-13-7-3-4-8-14(13)23-17(16)18(20-15)21-9-5-6-10-21/h2-4,7-8H,1,5-6,9-12H2. The van der Waals surface area contributed by atoms with E-state index in [-0.39, 0.29) is 0 Å². The first-order valence-corrected chi connectivity index (χ1v) is 7.98. The summed E-state index contributed by atoms with van der Waals surface area (Å²) in [6.07, 6.45) is 4.11. The fourth-order valence-electron chi connectivity index (χ4n) is 3.06. The van der Waals surface area contributed by atoms with Gasteiger partial charge in [-0.05, 0) is 25.0 Å². The number of hydrogen-bond donors (Lipinski definition) is 0. The number of rotatable bonds is 5. The summed E-state index contributed by atoms with van der Waals surface area (Å²) < 4.78 is 11.6. The highest BCUT2D eigenvalue weighted by Gasteiger charge is 2.22. The maximum absolute atomic E-state index is 6.05. The summed E-state index contributed by atoms with van der Waals surface area (Å²) in [7, 11) is 0. The maximum atomic E-state index is 6.05. The molecule has 4 rings (SSSR count). The molecule has 0 unspecified atom stereocenters. The second-order valence-corrected chi connectivity index (χ2v) is 5.74. The minimum atomic E-state index is 0.377. The van der Waals surface area contributed by atoms with E-state index in [4.69, 9.17) is 14.1 Å². The predicted molar refractivity (Wildman–Crippen MR) is 90.6 cm³/mol. The molecule has 1 fully saturated rings. The van der Waals surface area contributed by atoms with E-state index in [0.717, 1.165) is 41.0 Å². The van der Waals surface area contributed by atoms with E-state index < -0.39 is 0 Å². The normalized spacial score (nSPS) is 14.9. The third-order valence-corrected chi connectivity index (χ3v) is 4.12. The maximum Gasteiger partial charge on any atom is 0.196 e. The summed E-state index contributed by atoms with van der Waals surface area (Å²) in [5, 5.41) is 1.02. The smallest absolute Gasteiger partial charge is 0.196 e. The molecular weight excluding hydrogens is 290 g/mol. The zero-order valence-corrected chi connectivity index (χ0v) is 13.0. The summed E-state index contributed by atoms with van der Waals surface area (Å²) in [6.45, 7) is 6.56. The lowest BCUT2D eigenvalue weighted by Crippen LogP contribution is -2.20. The molecule has 3 aromatic rings. The molecule has 1 aromatic carbocycles. The van der Waals surface area contributed by atoms with Crippen molar-refractivity contribution in [1.82, 2.24) is 9.97 Å². The molecule has 5 nitrogen and oxygen atoms in total. The number of para-hydroxylation sites is 1. The first-order valence-electron chi connectivity index (χ1n) is 7.98. The molecule has 0 N–H and O–H groups in total. The van der Waals surface area contributed by atoms with Gasteiger partial charge in [0.25, 0.3) is 0 Å². The Morgan fingerprint density at radius 1 is 1.22 bits per heavy atom. The van der Waals surface area contributed by atoms with Gasteiger partial charge in [-0.3, -0.25) is 0 Å². The van der Waals surface area contributed by atoms with E-state index in [1.807, 2.05) is 24.3 Å². The van der Waals surface area contributed by atoms with Gasteiger partial charge in [0, 0.05) is 18.5 Å². The topological polar surface area (TPSA) is 51.4 Å². The van der Waals surface area contributed by atoms with Crippen LogP contribution in [0.25, 0.3) is 22.1 Å². The zero-order valence-electron chi connectivity index (χ0n) is 13.0. The average molecular weight is 309 g/mol. The first-order chi connectivity index (χ1) is 11.4. The first kappa shape index (κ1) is 14.2. The highest BCUT2D eigenvalue weighted by molar-refractivity contribution is 6.05. The molecular formula is C18H19N3O2. The summed E-state index contributed by atoms with van der Waals surface area (Å²) in [4.78, 5) is 11.7. The average Bonchev–Trinajstić information content (AvgIpc) is 3.22. The van der Waals surface area contributed by atoms with Crippen molar-refractivity contribution in [2.24, 2.45) is 0 Å². The fourth-order valence-corrected chi connectivity index (χ4v) is 3.06. The number of anilines is 1. The largest absolute Gasteiger partial charge is 0.450 e. The third kappa shape index (κ3) is 2.57. The Labute approximate surface area is 134 Å². The van der Waals surface area contributed by atoms with Crippen LogP contribution >= 0.6 is 0 Å². The summed E-state index contributed by atoms with van der Waals surface area (Å²) in [6, 6.07) is 7.99. The van der Waals surface area contributed by atoms with Crippen molar-refractivity contribution >= 4 is 27.9 Å². The Morgan fingerprint density at radius 3 is 2.87 bits per heavy atom. The van der Waals surface area contributed by atoms with Crippen molar-refractivity contribution < 1.29 is 9.15 Å². The van der Waals surface area contributed by atoms with Crippen molar-refractivity contribution in [2.75, 3.05) is 24.6 Å². The molecule has 1 aliphatic heterocycles. The number of nitrogens with zero attached hydrogens (tertiary/aromatic N) is 3. The van der Waals surface area contributed by atoms with Crippen LogP contribution in [0, 0.1) is 0 Å². The summed E-state index contributed by atoms with van der Waals surface area (Å²) in [5.41, 5.74) is 2.50. The quantitative estimate of drug-likeness (QED) is 0.531. The molecule has 1 aliphatic rings. The Hall–Kier alpha value is -2.40. The van der Waals surface area contributed by atoms with E-state index in [0.29, 0.717) is 19.0 Å². The van der Waals surface area contributed by atoms with Crippen LogP contribution in [0.1, 0.15) is 18.7 Å². The predicted octanol–water partition coefficient (Wildman–Crippen LogP) is 3.68. The van der Waals surface area contributed by atoms with Gasteiger partial charge in [0.15, 0.2) is 17.2 Å². The molecule has 2 aromatic heterocycles. The van der Waals surface area contributed by atoms with Crippen molar-refractivity contribution in [1.29, 1.82) is 0 Å². The lowest BCUT2D eigenvalue weighted by atomic mass is 10.2. The Bertz CT molecular complexity index is 850. The Kier molecular flexibility index (Phi) is 3.71. The van der Waals surface area contributed by atoms with E-state index in [1.54, 1.807) is 6.08 Å². The molecule has 0 radical (unpaired) electrons. The van der Waals surface area contributed by atoms with Crippen molar-refractivity contribution in [3.05, 3.63) is 42.7 Å². The van der Waals surface area contributed by atoms with Crippen LogP contribution in [0.2, 0.25) is 0 Å². The van der Waals surface area contributed by atoms with Gasteiger partial charge in [-0.2, -0.15) is 0 Å². The molecule has 118 valence electrons. The third-order valence-electron chi connectivity index (χ3n) is 4.12. The van der Waals surface area contributed by atoms with Gasteiger partial charge in [-0.15, -0.1) is 6.58 Å². The second-order valence-electron chi connectivity index (χ2n) is 5.74. The second kappa shape index (κ2) is 6.01. The Balaban J connectivity index is 1.87. The van der Waals surface area contributed by atoms with Crippen LogP contribution < -0.4 is 4.90 Å². The lowest BCUT2D eigenvalue weighted by Gasteiger charge is -2.17. The highest BCUT2D eigenvalue weighted by atomic mass is 16.5. The van der Waals surface area contributed by atoms with E-state index in [9.17, 15) is 0 Å². The molecule has 0 spiro atoms. The van der Waals surface area contributed by atoms with Gasteiger partial charge in [0.2, 0.25) is 0 Å². The SMILES string of the molecule is C=CCOCc1nc(N2CCCC2)c2oc3ccccc3c2n1. The van der Waals surface area contributed by atoms with Crippen molar-refractivity contribution in [3.63, 3.8) is 0 Å². The number of ether oxygens (including phenoxy) is 1. The molecule has 0 atom stereocenters. The van der Waals surface area contributed by atoms with Gasteiger partial charge in [0.1, 0.15) is 17.7 Å². The summed E-state index contributed by atoms with van der Waals surface area (Å²) >= 11 is 0. The van der Waals surface area contributed by atoms with Gasteiger partial charge in [-0.25, -0.2) is 9.97 Å². The van der Waals surface area contributed by atoms with Crippen LogP contribution in [0.4, 0.5) is 5.82 Å². The van der Waals surface area contributed by atoms with Gasteiger partial charge in [-0.1, -0.05) is 18.2 Å².